The molecule has 2 amide bonds. The molecule has 0 aromatic heterocycles. The lowest BCUT2D eigenvalue weighted by Gasteiger charge is -2.12. The lowest BCUT2D eigenvalue weighted by Crippen LogP contribution is -2.31. The average molecular weight is 325 g/mol. The summed E-state index contributed by atoms with van der Waals surface area (Å²) in [5.41, 5.74) is 1.53. The summed E-state index contributed by atoms with van der Waals surface area (Å²) >= 11 is 0. The van der Waals surface area contributed by atoms with E-state index in [-0.39, 0.29) is 6.54 Å². The van der Waals surface area contributed by atoms with E-state index in [2.05, 4.69) is 0 Å². The molecule has 122 valence electrons. The summed E-state index contributed by atoms with van der Waals surface area (Å²) < 4.78 is 19.3. The second-order valence-corrected chi connectivity index (χ2v) is 5.45. The fourth-order valence-corrected chi connectivity index (χ4v) is 2.63. The van der Waals surface area contributed by atoms with Crippen LogP contribution in [0, 0.1) is 0 Å². The minimum atomic E-state index is -0.521. The lowest BCUT2D eigenvalue weighted by atomic mass is 10.1. The van der Waals surface area contributed by atoms with E-state index in [1.807, 2.05) is 24.3 Å². The molecule has 3 rings (SSSR count). The highest BCUT2D eigenvalue weighted by atomic mass is 19.1. The summed E-state index contributed by atoms with van der Waals surface area (Å²) in [6, 6.07) is 13.8. The summed E-state index contributed by atoms with van der Waals surface area (Å²) in [4.78, 5) is 25.3. The number of halogens is 1. The zero-order chi connectivity index (χ0) is 17.1. The highest BCUT2D eigenvalue weighted by molar-refractivity contribution is 6.21. The molecular formula is C19H16FNO3. The van der Waals surface area contributed by atoms with Gasteiger partial charge in [-0.05, 0) is 42.3 Å². The molecule has 0 unspecified atom stereocenters. The Morgan fingerprint density at radius 3 is 2.38 bits per heavy atom. The standard InChI is InChI=1S/C19H16FNO3/c1-24-15-6-4-5-13(11-15)9-10-14(20)12-21-18(22)16-7-2-3-8-17(16)19(21)23/h2-8,10-11H,9,12H2,1H3. The number of methoxy groups -OCH3 is 1. The molecule has 0 atom stereocenters. The molecule has 4 nitrogen and oxygen atoms in total. The molecule has 0 saturated carbocycles. The van der Waals surface area contributed by atoms with Gasteiger partial charge in [0.2, 0.25) is 0 Å². The maximum atomic E-state index is 14.2. The predicted molar refractivity (Wildman–Crippen MR) is 87.7 cm³/mol. The highest BCUT2D eigenvalue weighted by Crippen LogP contribution is 2.23. The summed E-state index contributed by atoms with van der Waals surface area (Å²) in [7, 11) is 1.57. The number of hydrogen-bond acceptors (Lipinski definition) is 3. The molecule has 0 aliphatic carbocycles. The van der Waals surface area contributed by atoms with Crippen molar-refractivity contribution in [3.63, 3.8) is 0 Å². The van der Waals surface area contributed by atoms with Gasteiger partial charge in [0.15, 0.2) is 0 Å². The van der Waals surface area contributed by atoms with Gasteiger partial charge in [0.05, 0.1) is 24.8 Å². The van der Waals surface area contributed by atoms with Crippen molar-refractivity contribution in [2.24, 2.45) is 0 Å². The molecular weight excluding hydrogens is 309 g/mol. The van der Waals surface area contributed by atoms with Crippen LogP contribution in [0.4, 0.5) is 4.39 Å². The zero-order valence-electron chi connectivity index (χ0n) is 13.2. The first-order valence-corrected chi connectivity index (χ1v) is 7.53. The second-order valence-electron chi connectivity index (χ2n) is 5.45. The summed E-state index contributed by atoms with van der Waals surface area (Å²) in [6.45, 7) is -0.351. The number of amides is 2. The number of carbonyl (C=O) groups excluding carboxylic acids is 2. The summed E-state index contributed by atoms with van der Waals surface area (Å²) in [5.74, 6) is -0.741. The molecule has 2 aromatic carbocycles. The molecule has 0 spiro atoms. The van der Waals surface area contributed by atoms with Gasteiger partial charge < -0.3 is 4.74 Å². The fraction of sp³-hybridized carbons (Fsp3) is 0.158. The number of carbonyl (C=O) groups is 2. The van der Waals surface area contributed by atoms with Crippen LogP contribution < -0.4 is 4.74 Å². The molecule has 0 saturated heterocycles. The van der Waals surface area contributed by atoms with Crippen LogP contribution >= 0.6 is 0 Å². The Bertz CT molecular complexity index is 794. The average Bonchev–Trinajstić information content (AvgIpc) is 2.85. The minimum Gasteiger partial charge on any atom is -0.497 e. The number of nitrogens with zero attached hydrogens (tertiary/aromatic N) is 1. The predicted octanol–water partition coefficient (Wildman–Crippen LogP) is 3.39. The van der Waals surface area contributed by atoms with E-state index in [1.54, 1.807) is 31.4 Å². The molecule has 1 aliphatic heterocycles. The number of benzene rings is 2. The van der Waals surface area contributed by atoms with Crippen LogP contribution in [0.2, 0.25) is 0 Å². The maximum Gasteiger partial charge on any atom is 0.261 e. The Hall–Kier alpha value is -2.95. The molecule has 2 aromatic rings. The van der Waals surface area contributed by atoms with Crippen LogP contribution in [0.1, 0.15) is 26.3 Å². The van der Waals surface area contributed by atoms with Crippen molar-refractivity contribution >= 4 is 11.8 Å². The van der Waals surface area contributed by atoms with E-state index in [0.29, 0.717) is 23.3 Å². The first kappa shape index (κ1) is 15.9. The van der Waals surface area contributed by atoms with Crippen molar-refractivity contribution in [3.8, 4) is 5.75 Å². The Labute approximate surface area is 139 Å². The van der Waals surface area contributed by atoms with Gasteiger partial charge in [-0.2, -0.15) is 0 Å². The van der Waals surface area contributed by atoms with E-state index in [1.165, 1.54) is 6.08 Å². The molecule has 5 heteroatoms. The fourth-order valence-electron chi connectivity index (χ4n) is 2.63. The second kappa shape index (κ2) is 6.66. The van der Waals surface area contributed by atoms with Crippen LogP contribution in [0.15, 0.2) is 60.4 Å². The monoisotopic (exact) mass is 325 g/mol. The normalized spacial score (nSPS) is 14.1. The quantitative estimate of drug-likeness (QED) is 0.792. The minimum absolute atomic E-state index is 0.322. The largest absolute Gasteiger partial charge is 0.497 e. The molecule has 0 N–H and O–H groups in total. The lowest BCUT2D eigenvalue weighted by molar-refractivity contribution is 0.0660. The number of allylic oxidation sites excluding steroid dienone is 1. The number of ether oxygens (including phenoxy) is 1. The van der Waals surface area contributed by atoms with Crippen LogP contribution in [0.3, 0.4) is 0 Å². The third-order valence-electron chi connectivity index (χ3n) is 3.88. The van der Waals surface area contributed by atoms with Crippen molar-refractivity contribution in [1.82, 2.24) is 4.90 Å². The summed E-state index contributed by atoms with van der Waals surface area (Å²) in [5, 5.41) is 0. The van der Waals surface area contributed by atoms with E-state index < -0.39 is 17.6 Å². The topological polar surface area (TPSA) is 46.6 Å². The van der Waals surface area contributed by atoms with Gasteiger partial charge >= 0.3 is 0 Å². The third kappa shape index (κ3) is 3.06. The van der Waals surface area contributed by atoms with E-state index in [9.17, 15) is 14.0 Å². The Morgan fingerprint density at radius 2 is 1.75 bits per heavy atom. The third-order valence-corrected chi connectivity index (χ3v) is 3.88. The van der Waals surface area contributed by atoms with Crippen molar-refractivity contribution in [2.75, 3.05) is 13.7 Å². The van der Waals surface area contributed by atoms with Gasteiger partial charge in [0.1, 0.15) is 11.6 Å². The number of imide groups is 1. The van der Waals surface area contributed by atoms with Crippen molar-refractivity contribution in [1.29, 1.82) is 0 Å². The van der Waals surface area contributed by atoms with Crippen molar-refractivity contribution in [2.45, 2.75) is 6.42 Å². The van der Waals surface area contributed by atoms with Gasteiger partial charge in [0.25, 0.3) is 11.8 Å². The number of rotatable bonds is 5. The van der Waals surface area contributed by atoms with E-state index in [0.717, 1.165) is 10.5 Å². The van der Waals surface area contributed by atoms with Gasteiger partial charge in [0, 0.05) is 0 Å². The highest BCUT2D eigenvalue weighted by Gasteiger charge is 2.35. The van der Waals surface area contributed by atoms with Crippen LogP contribution in [0.5, 0.6) is 5.75 Å². The first-order valence-electron chi connectivity index (χ1n) is 7.53. The molecule has 0 radical (unpaired) electrons. The Kier molecular flexibility index (Phi) is 4.42. The van der Waals surface area contributed by atoms with Gasteiger partial charge in [-0.1, -0.05) is 24.3 Å². The molecule has 1 heterocycles. The molecule has 24 heavy (non-hydrogen) atoms. The van der Waals surface area contributed by atoms with Crippen molar-refractivity contribution < 1.29 is 18.7 Å². The smallest absolute Gasteiger partial charge is 0.261 e. The molecule has 0 bridgehead atoms. The first-order chi connectivity index (χ1) is 11.6. The maximum absolute atomic E-state index is 14.2. The summed E-state index contributed by atoms with van der Waals surface area (Å²) in [6.07, 6.45) is 1.73. The zero-order valence-corrected chi connectivity index (χ0v) is 13.2. The van der Waals surface area contributed by atoms with E-state index in [4.69, 9.17) is 4.74 Å². The Morgan fingerprint density at radius 1 is 1.08 bits per heavy atom. The van der Waals surface area contributed by atoms with Crippen molar-refractivity contribution in [3.05, 3.63) is 77.1 Å². The molecule has 1 aliphatic rings. The van der Waals surface area contributed by atoms with E-state index >= 15 is 0 Å². The number of fused-ring (bicyclic) bond motifs is 1. The van der Waals surface area contributed by atoms with Crippen LogP contribution in [-0.2, 0) is 6.42 Å². The van der Waals surface area contributed by atoms with Crippen LogP contribution in [0.25, 0.3) is 0 Å². The SMILES string of the molecule is COc1cccc(CC=C(F)CN2C(=O)c3ccccc3C2=O)c1. The van der Waals surface area contributed by atoms with Crippen LogP contribution in [-0.4, -0.2) is 30.4 Å². The van der Waals surface area contributed by atoms with Gasteiger partial charge in [-0.15, -0.1) is 0 Å². The van der Waals surface area contributed by atoms with Gasteiger partial charge in [-0.3, -0.25) is 14.5 Å². The van der Waals surface area contributed by atoms with Gasteiger partial charge in [-0.25, -0.2) is 4.39 Å². The Balaban J connectivity index is 1.70. The molecule has 0 fully saturated rings. The number of hydrogen-bond donors (Lipinski definition) is 0.